The molecule has 1 fully saturated rings. The molecular formula is C13H19N. The molecule has 1 heteroatoms. The van der Waals surface area contributed by atoms with Crippen LogP contribution in [0, 0.1) is 5.92 Å². The van der Waals surface area contributed by atoms with Gasteiger partial charge in [0.15, 0.2) is 0 Å². The Balaban J connectivity index is 1.79. The molecule has 76 valence electrons. The quantitative estimate of drug-likeness (QED) is 0.612. The van der Waals surface area contributed by atoms with Crippen molar-refractivity contribution in [2.24, 2.45) is 5.92 Å². The van der Waals surface area contributed by atoms with Crippen molar-refractivity contribution in [3.63, 3.8) is 0 Å². The number of allylic oxidation sites excluding steroid dienone is 4. The lowest BCUT2D eigenvalue weighted by Gasteiger charge is -2.28. The van der Waals surface area contributed by atoms with Crippen molar-refractivity contribution in [3.8, 4) is 0 Å². The normalized spacial score (nSPS) is 31.4. The highest BCUT2D eigenvalue weighted by Crippen LogP contribution is 2.37. The van der Waals surface area contributed by atoms with E-state index in [1.54, 1.807) is 11.3 Å². The Morgan fingerprint density at radius 3 is 2.86 bits per heavy atom. The number of hydrogen-bond donors (Lipinski definition) is 0. The molecule has 0 radical (unpaired) electrons. The first kappa shape index (κ1) is 8.58. The lowest BCUT2D eigenvalue weighted by atomic mass is 9.89. The van der Waals surface area contributed by atoms with Crippen molar-refractivity contribution >= 4 is 0 Å². The van der Waals surface area contributed by atoms with E-state index in [2.05, 4.69) is 17.1 Å². The Bertz CT molecular complexity index is 282. The minimum Gasteiger partial charge on any atom is -0.375 e. The maximum absolute atomic E-state index is 2.61. The Hall–Kier alpha value is -0.720. The molecule has 0 saturated carbocycles. The molecule has 0 bridgehead atoms. The highest BCUT2D eigenvalue weighted by atomic mass is 15.1. The first-order valence-electron chi connectivity index (χ1n) is 6.09. The van der Waals surface area contributed by atoms with Crippen LogP contribution in [-0.2, 0) is 0 Å². The SMILES string of the molecule is C1=C2C=C(N3CCCC3)CCC2CC1. The minimum absolute atomic E-state index is 0.918. The van der Waals surface area contributed by atoms with Gasteiger partial charge < -0.3 is 4.90 Å². The third-order valence-corrected chi connectivity index (χ3v) is 3.96. The first-order chi connectivity index (χ1) is 6.93. The second kappa shape index (κ2) is 3.45. The molecule has 1 aliphatic heterocycles. The lowest BCUT2D eigenvalue weighted by Crippen LogP contribution is -2.21. The first-order valence-corrected chi connectivity index (χ1v) is 6.09. The average Bonchev–Trinajstić information content (AvgIpc) is 2.88. The Kier molecular flexibility index (Phi) is 2.11. The summed E-state index contributed by atoms with van der Waals surface area (Å²) in [6.07, 6.45) is 13.2. The summed E-state index contributed by atoms with van der Waals surface area (Å²) in [7, 11) is 0. The van der Waals surface area contributed by atoms with E-state index >= 15 is 0 Å². The van der Waals surface area contributed by atoms with Crippen molar-refractivity contribution in [1.29, 1.82) is 0 Å². The number of likely N-dealkylation sites (tertiary alicyclic amines) is 1. The van der Waals surface area contributed by atoms with E-state index < -0.39 is 0 Å². The van der Waals surface area contributed by atoms with Crippen LogP contribution in [0.4, 0.5) is 0 Å². The molecule has 2 aliphatic carbocycles. The van der Waals surface area contributed by atoms with Gasteiger partial charge in [-0.05, 0) is 56.1 Å². The molecular weight excluding hydrogens is 170 g/mol. The molecule has 14 heavy (non-hydrogen) atoms. The van der Waals surface area contributed by atoms with Crippen LogP contribution in [0.1, 0.15) is 38.5 Å². The van der Waals surface area contributed by atoms with Crippen molar-refractivity contribution in [1.82, 2.24) is 4.90 Å². The number of fused-ring (bicyclic) bond motifs is 1. The van der Waals surface area contributed by atoms with E-state index in [1.165, 1.54) is 51.6 Å². The molecule has 0 aromatic heterocycles. The van der Waals surface area contributed by atoms with Gasteiger partial charge in [0, 0.05) is 18.8 Å². The van der Waals surface area contributed by atoms with Gasteiger partial charge in [-0.25, -0.2) is 0 Å². The third-order valence-electron chi connectivity index (χ3n) is 3.96. The highest BCUT2D eigenvalue weighted by Gasteiger charge is 2.25. The Labute approximate surface area is 86.5 Å². The predicted octanol–water partition coefficient (Wildman–Crippen LogP) is 3.10. The Morgan fingerprint density at radius 1 is 1.14 bits per heavy atom. The van der Waals surface area contributed by atoms with Gasteiger partial charge in [0.2, 0.25) is 0 Å². The molecule has 0 aromatic rings. The lowest BCUT2D eigenvalue weighted by molar-refractivity contribution is 0.382. The van der Waals surface area contributed by atoms with Crippen molar-refractivity contribution < 1.29 is 0 Å². The molecule has 3 aliphatic rings. The molecule has 1 nitrogen and oxygen atoms in total. The van der Waals surface area contributed by atoms with Gasteiger partial charge in [-0.15, -0.1) is 0 Å². The van der Waals surface area contributed by atoms with E-state index in [1.807, 2.05) is 0 Å². The smallest absolute Gasteiger partial charge is 0.0175 e. The summed E-state index contributed by atoms with van der Waals surface area (Å²) in [5.41, 5.74) is 3.28. The summed E-state index contributed by atoms with van der Waals surface area (Å²) in [5.74, 6) is 0.918. The third kappa shape index (κ3) is 1.39. The van der Waals surface area contributed by atoms with Crippen LogP contribution in [0.3, 0.4) is 0 Å². The van der Waals surface area contributed by atoms with Crippen molar-refractivity contribution in [2.75, 3.05) is 13.1 Å². The Morgan fingerprint density at radius 2 is 2.00 bits per heavy atom. The summed E-state index contributed by atoms with van der Waals surface area (Å²) in [4.78, 5) is 2.61. The fourth-order valence-corrected chi connectivity index (χ4v) is 3.11. The summed E-state index contributed by atoms with van der Waals surface area (Å²) < 4.78 is 0. The van der Waals surface area contributed by atoms with Crippen LogP contribution in [-0.4, -0.2) is 18.0 Å². The molecule has 0 aromatic carbocycles. The van der Waals surface area contributed by atoms with Crippen molar-refractivity contribution in [3.05, 3.63) is 23.4 Å². The largest absolute Gasteiger partial charge is 0.375 e. The minimum atomic E-state index is 0.918. The molecule has 1 heterocycles. The molecule has 0 amide bonds. The zero-order valence-electron chi connectivity index (χ0n) is 8.84. The second-order valence-electron chi connectivity index (χ2n) is 4.85. The highest BCUT2D eigenvalue weighted by molar-refractivity contribution is 5.32. The van der Waals surface area contributed by atoms with E-state index in [4.69, 9.17) is 0 Å². The molecule has 1 unspecified atom stereocenters. The van der Waals surface area contributed by atoms with Crippen LogP contribution in [0.5, 0.6) is 0 Å². The van der Waals surface area contributed by atoms with Crippen LogP contribution in [0.2, 0.25) is 0 Å². The monoisotopic (exact) mass is 189 g/mol. The molecule has 0 N–H and O–H groups in total. The van der Waals surface area contributed by atoms with Gasteiger partial charge in [0.25, 0.3) is 0 Å². The van der Waals surface area contributed by atoms with Gasteiger partial charge in [-0.2, -0.15) is 0 Å². The van der Waals surface area contributed by atoms with Gasteiger partial charge >= 0.3 is 0 Å². The average molecular weight is 189 g/mol. The zero-order chi connectivity index (χ0) is 9.38. The second-order valence-corrected chi connectivity index (χ2v) is 4.85. The van der Waals surface area contributed by atoms with Gasteiger partial charge in [-0.3, -0.25) is 0 Å². The van der Waals surface area contributed by atoms with E-state index in [-0.39, 0.29) is 0 Å². The molecule has 0 spiro atoms. The van der Waals surface area contributed by atoms with Gasteiger partial charge in [0.05, 0.1) is 0 Å². The van der Waals surface area contributed by atoms with Crippen LogP contribution in [0.25, 0.3) is 0 Å². The molecule has 1 saturated heterocycles. The maximum Gasteiger partial charge on any atom is 0.0175 e. The zero-order valence-corrected chi connectivity index (χ0v) is 8.84. The number of hydrogen-bond acceptors (Lipinski definition) is 1. The summed E-state index contributed by atoms with van der Waals surface area (Å²) in [5, 5.41) is 0. The summed E-state index contributed by atoms with van der Waals surface area (Å²) >= 11 is 0. The number of nitrogens with zero attached hydrogens (tertiary/aromatic N) is 1. The fourth-order valence-electron chi connectivity index (χ4n) is 3.11. The maximum atomic E-state index is 2.61. The van der Waals surface area contributed by atoms with Crippen LogP contribution < -0.4 is 0 Å². The standard InChI is InChI=1S/C13H19N/c1-2-9-14(8-1)13-7-6-11-4-3-5-12(11)10-13/h5,10-11H,1-4,6-9H2. The van der Waals surface area contributed by atoms with E-state index in [0.717, 1.165) is 5.92 Å². The molecule has 3 rings (SSSR count). The topological polar surface area (TPSA) is 3.24 Å². The van der Waals surface area contributed by atoms with Gasteiger partial charge in [-0.1, -0.05) is 6.08 Å². The molecule has 1 atom stereocenters. The van der Waals surface area contributed by atoms with E-state index in [9.17, 15) is 0 Å². The van der Waals surface area contributed by atoms with Gasteiger partial charge in [0.1, 0.15) is 0 Å². The fraction of sp³-hybridized carbons (Fsp3) is 0.692. The van der Waals surface area contributed by atoms with Crippen molar-refractivity contribution in [2.45, 2.75) is 38.5 Å². The number of rotatable bonds is 1. The summed E-state index contributed by atoms with van der Waals surface area (Å²) in [6.45, 7) is 2.62. The van der Waals surface area contributed by atoms with Crippen LogP contribution >= 0.6 is 0 Å². The predicted molar refractivity (Wildman–Crippen MR) is 58.9 cm³/mol. The van der Waals surface area contributed by atoms with E-state index in [0.29, 0.717) is 0 Å². The van der Waals surface area contributed by atoms with Crippen LogP contribution in [0.15, 0.2) is 23.4 Å². The summed E-state index contributed by atoms with van der Waals surface area (Å²) in [6, 6.07) is 0.